The van der Waals surface area contributed by atoms with E-state index in [-0.39, 0.29) is 0 Å². The molecule has 0 aliphatic carbocycles. The fourth-order valence-corrected chi connectivity index (χ4v) is 2.05. The predicted molar refractivity (Wildman–Crippen MR) is 72.3 cm³/mol. The van der Waals surface area contributed by atoms with Crippen molar-refractivity contribution in [1.82, 2.24) is 10.3 Å². The molecule has 0 bridgehead atoms. The minimum absolute atomic E-state index is 0.912. The molecule has 1 aliphatic heterocycles. The third-order valence-electron chi connectivity index (χ3n) is 3.13. The first-order chi connectivity index (χ1) is 8.31. The average molecular weight is 231 g/mol. The van der Waals surface area contributed by atoms with Gasteiger partial charge in [-0.2, -0.15) is 0 Å². The molecular formula is C14H21N3. The molecule has 92 valence electrons. The number of rotatable bonds is 4. The summed E-state index contributed by atoms with van der Waals surface area (Å²) in [5.74, 6) is 1.10. The van der Waals surface area contributed by atoms with Crippen LogP contribution >= 0.6 is 0 Å². The van der Waals surface area contributed by atoms with E-state index in [1.807, 2.05) is 0 Å². The Balaban J connectivity index is 2.09. The van der Waals surface area contributed by atoms with Crippen molar-refractivity contribution in [2.75, 3.05) is 24.5 Å². The zero-order valence-corrected chi connectivity index (χ0v) is 10.7. The van der Waals surface area contributed by atoms with Crippen LogP contribution in [0.1, 0.15) is 24.6 Å². The van der Waals surface area contributed by atoms with Gasteiger partial charge < -0.3 is 10.2 Å². The van der Waals surface area contributed by atoms with E-state index in [1.54, 1.807) is 0 Å². The number of hydrogen-bond donors (Lipinski definition) is 1. The van der Waals surface area contributed by atoms with Crippen LogP contribution < -0.4 is 10.2 Å². The van der Waals surface area contributed by atoms with Gasteiger partial charge in [-0.3, -0.25) is 0 Å². The molecule has 1 aromatic rings. The van der Waals surface area contributed by atoms with Crippen LogP contribution in [0.2, 0.25) is 0 Å². The molecule has 0 atom stereocenters. The van der Waals surface area contributed by atoms with Gasteiger partial charge in [0.2, 0.25) is 0 Å². The molecule has 0 saturated heterocycles. The lowest BCUT2D eigenvalue weighted by Gasteiger charge is -2.25. The molecule has 0 radical (unpaired) electrons. The summed E-state index contributed by atoms with van der Waals surface area (Å²) in [4.78, 5) is 7.03. The number of pyridine rings is 1. The van der Waals surface area contributed by atoms with Gasteiger partial charge in [-0.05, 0) is 31.5 Å². The zero-order chi connectivity index (χ0) is 12.1. The van der Waals surface area contributed by atoms with Crippen molar-refractivity contribution >= 4 is 5.82 Å². The minimum Gasteiger partial charge on any atom is -0.353 e. The summed E-state index contributed by atoms with van der Waals surface area (Å²) in [6.07, 6.45) is 5.58. The first-order valence-electron chi connectivity index (χ1n) is 6.38. The lowest BCUT2D eigenvalue weighted by molar-refractivity contribution is 0.718. The van der Waals surface area contributed by atoms with Crippen LogP contribution in [-0.2, 0) is 6.54 Å². The third kappa shape index (κ3) is 3.07. The molecule has 0 saturated carbocycles. The average Bonchev–Trinajstić information content (AvgIpc) is 2.38. The van der Waals surface area contributed by atoms with Crippen LogP contribution in [0, 0.1) is 6.92 Å². The van der Waals surface area contributed by atoms with Crippen molar-refractivity contribution in [2.45, 2.75) is 26.8 Å². The fourth-order valence-electron chi connectivity index (χ4n) is 2.05. The Morgan fingerprint density at radius 2 is 2.24 bits per heavy atom. The molecule has 0 amide bonds. The second-order valence-corrected chi connectivity index (χ2v) is 4.40. The van der Waals surface area contributed by atoms with Crippen molar-refractivity contribution in [2.24, 2.45) is 0 Å². The van der Waals surface area contributed by atoms with Crippen molar-refractivity contribution in [3.05, 3.63) is 35.5 Å². The molecule has 2 heterocycles. The molecule has 0 fully saturated rings. The van der Waals surface area contributed by atoms with Crippen LogP contribution in [0.3, 0.4) is 0 Å². The molecule has 17 heavy (non-hydrogen) atoms. The fraction of sp³-hybridized carbons (Fsp3) is 0.500. The van der Waals surface area contributed by atoms with Gasteiger partial charge in [0, 0.05) is 25.3 Å². The van der Waals surface area contributed by atoms with E-state index in [2.05, 4.69) is 48.3 Å². The van der Waals surface area contributed by atoms with Crippen molar-refractivity contribution in [1.29, 1.82) is 0 Å². The lowest BCUT2D eigenvalue weighted by Crippen LogP contribution is -2.28. The summed E-state index contributed by atoms with van der Waals surface area (Å²) in [6.45, 7) is 8.19. The maximum absolute atomic E-state index is 4.70. The minimum atomic E-state index is 0.912. The van der Waals surface area contributed by atoms with Crippen molar-refractivity contribution in [3.8, 4) is 0 Å². The highest BCUT2D eigenvalue weighted by Crippen LogP contribution is 2.17. The maximum atomic E-state index is 4.70. The molecule has 1 N–H and O–H groups in total. The Bertz CT molecular complexity index is 398. The Morgan fingerprint density at radius 1 is 1.35 bits per heavy atom. The normalized spacial score (nSPS) is 15.3. The van der Waals surface area contributed by atoms with Gasteiger partial charge in [0.25, 0.3) is 0 Å². The number of nitrogens with one attached hydrogen (secondary N) is 1. The highest BCUT2D eigenvalue weighted by Gasteiger charge is 2.09. The monoisotopic (exact) mass is 231 g/mol. The van der Waals surface area contributed by atoms with Gasteiger partial charge >= 0.3 is 0 Å². The number of nitrogens with zero attached hydrogens (tertiary/aromatic N) is 2. The largest absolute Gasteiger partial charge is 0.353 e. The summed E-state index contributed by atoms with van der Waals surface area (Å²) < 4.78 is 0. The molecule has 2 rings (SSSR count). The van der Waals surface area contributed by atoms with Gasteiger partial charge in [0.1, 0.15) is 5.82 Å². The predicted octanol–water partition coefficient (Wildman–Crippen LogP) is 2.27. The number of hydrogen-bond acceptors (Lipinski definition) is 3. The molecule has 0 aromatic carbocycles. The topological polar surface area (TPSA) is 28.2 Å². The molecule has 3 nitrogen and oxygen atoms in total. The van der Waals surface area contributed by atoms with Crippen LogP contribution in [0.5, 0.6) is 0 Å². The second-order valence-electron chi connectivity index (χ2n) is 4.40. The second kappa shape index (κ2) is 5.82. The zero-order valence-electron chi connectivity index (χ0n) is 10.7. The third-order valence-corrected chi connectivity index (χ3v) is 3.13. The maximum Gasteiger partial charge on any atom is 0.129 e. The number of aryl methyl sites for hydroxylation is 1. The summed E-state index contributed by atoms with van der Waals surface area (Å²) in [5, 5.41) is 3.34. The standard InChI is InChI=1S/C14H21N3/c1-3-15-11-13-7-8-14(16-12(13)2)17-9-5-4-6-10-17/h4-5,7-8,15H,3,6,9-11H2,1-2H3. The van der Waals surface area contributed by atoms with E-state index in [1.165, 1.54) is 5.56 Å². The van der Waals surface area contributed by atoms with Gasteiger partial charge in [-0.15, -0.1) is 0 Å². The number of anilines is 1. The molecule has 1 aromatic heterocycles. The van der Waals surface area contributed by atoms with E-state index in [0.29, 0.717) is 0 Å². The molecule has 0 unspecified atom stereocenters. The highest BCUT2D eigenvalue weighted by atomic mass is 15.2. The van der Waals surface area contributed by atoms with Crippen LogP contribution in [0.25, 0.3) is 0 Å². The van der Waals surface area contributed by atoms with Gasteiger partial charge in [0.15, 0.2) is 0 Å². The molecule has 1 aliphatic rings. The van der Waals surface area contributed by atoms with Crippen molar-refractivity contribution < 1.29 is 0 Å². The summed E-state index contributed by atoms with van der Waals surface area (Å²) >= 11 is 0. The summed E-state index contributed by atoms with van der Waals surface area (Å²) in [5.41, 5.74) is 2.43. The SMILES string of the molecule is CCNCc1ccc(N2CC=CCC2)nc1C. The first kappa shape index (κ1) is 12.1. The van der Waals surface area contributed by atoms with Crippen LogP contribution in [0.15, 0.2) is 24.3 Å². The van der Waals surface area contributed by atoms with Crippen LogP contribution in [-0.4, -0.2) is 24.6 Å². The Kier molecular flexibility index (Phi) is 4.15. The van der Waals surface area contributed by atoms with Gasteiger partial charge in [0.05, 0.1) is 0 Å². The Hall–Kier alpha value is -1.35. The summed E-state index contributed by atoms with van der Waals surface area (Å²) in [6, 6.07) is 4.33. The van der Waals surface area contributed by atoms with E-state index >= 15 is 0 Å². The number of aromatic nitrogens is 1. The Morgan fingerprint density at radius 3 is 2.88 bits per heavy atom. The lowest BCUT2D eigenvalue weighted by atomic mass is 10.2. The smallest absolute Gasteiger partial charge is 0.129 e. The van der Waals surface area contributed by atoms with Crippen LogP contribution in [0.4, 0.5) is 5.82 Å². The molecular weight excluding hydrogens is 210 g/mol. The van der Waals surface area contributed by atoms with E-state index in [9.17, 15) is 0 Å². The van der Waals surface area contributed by atoms with Gasteiger partial charge in [-0.1, -0.05) is 25.1 Å². The van der Waals surface area contributed by atoms with E-state index < -0.39 is 0 Å². The first-order valence-corrected chi connectivity index (χ1v) is 6.38. The molecule has 3 heteroatoms. The van der Waals surface area contributed by atoms with E-state index in [0.717, 1.165) is 44.1 Å². The van der Waals surface area contributed by atoms with Crippen molar-refractivity contribution in [3.63, 3.8) is 0 Å². The van der Waals surface area contributed by atoms with Gasteiger partial charge in [-0.25, -0.2) is 4.98 Å². The highest BCUT2D eigenvalue weighted by molar-refractivity contribution is 5.43. The quantitative estimate of drug-likeness (QED) is 0.806. The molecule has 0 spiro atoms. The van der Waals surface area contributed by atoms with E-state index in [4.69, 9.17) is 4.98 Å². The Labute approximate surface area is 104 Å². The summed E-state index contributed by atoms with van der Waals surface area (Å²) in [7, 11) is 0.